The van der Waals surface area contributed by atoms with E-state index in [0.29, 0.717) is 29.4 Å². The minimum atomic E-state index is -0.343. The summed E-state index contributed by atoms with van der Waals surface area (Å²) in [6.45, 7) is 7.72. The van der Waals surface area contributed by atoms with E-state index in [0.717, 1.165) is 25.0 Å². The molecule has 2 bridgehead atoms. The van der Waals surface area contributed by atoms with Gasteiger partial charge < -0.3 is 14.8 Å². The maximum Gasteiger partial charge on any atom is 0.412 e. The Morgan fingerprint density at radius 2 is 1.82 bits per heavy atom. The van der Waals surface area contributed by atoms with Gasteiger partial charge in [0, 0.05) is 12.0 Å². The third-order valence-electron chi connectivity index (χ3n) is 7.11. The lowest BCUT2D eigenvalue weighted by Crippen LogP contribution is -2.42. The number of benzene rings is 1. The summed E-state index contributed by atoms with van der Waals surface area (Å²) in [5, 5.41) is 3.00. The average Bonchev–Trinajstić information content (AvgIpc) is 2.67. The van der Waals surface area contributed by atoms with E-state index in [9.17, 15) is 4.79 Å². The molecule has 4 nitrogen and oxygen atoms in total. The van der Waals surface area contributed by atoms with Crippen molar-refractivity contribution in [2.24, 2.45) is 23.7 Å². The van der Waals surface area contributed by atoms with Gasteiger partial charge in [0.2, 0.25) is 0 Å². The van der Waals surface area contributed by atoms with Gasteiger partial charge in [-0.25, -0.2) is 4.79 Å². The molecule has 28 heavy (non-hydrogen) atoms. The van der Waals surface area contributed by atoms with Crippen molar-refractivity contribution in [3.63, 3.8) is 0 Å². The Morgan fingerprint density at radius 1 is 1.11 bits per heavy atom. The quantitative estimate of drug-likeness (QED) is 0.687. The number of hydrogen-bond donors (Lipinski definition) is 1. The van der Waals surface area contributed by atoms with E-state index in [1.807, 2.05) is 24.3 Å². The van der Waals surface area contributed by atoms with E-state index < -0.39 is 0 Å². The van der Waals surface area contributed by atoms with Crippen molar-refractivity contribution in [2.75, 3.05) is 6.61 Å². The molecule has 2 aliphatic carbocycles. The first-order valence-corrected chi connectivity index (χ1v) is 10.9. The molecule has 0 radical (unpaired) electrons. The van der Waals surface area contributed by atoms with Crippen LogP contribution in [-0.4, -0.2) is 18.7 Å². The van der Waals surface area contributed by atoms with Gasteiger partial charge in [0.15, 0.2) is 0 Å². The molecule has 0 unspecified atom stereocenters. The van der Waals surface area contributed by atoms with Gasteiger partial charge in [0.1, 0.15) is 5.75 Å². The fraction of sp³-hybridized carbons (Fsp3) is 0.625. The van der Waals surface area contributed by atoms with Crippen LogP contribution in [0.25, 0.3) is 0 Å². The summed E-state index contributed by atoms with van der Waals surface area (Å²) < 4.78 is 11.8. The minimum Gasteiger partial charge on any atom is -0.410 e. The Kier molecular flexibility index (Phi) is 5.77. The van der Waals surface area contributed by atoms with Crippen LogP contribution in [0.5, 0.6) is 5.75 Å². The fourth-order valence-electron chi connectivity index (χ4n) is 5.52. The van der Waals surface area contributed by atoms with Crippen molar-refractivity contribution < 1.29 is 14.3 Å². The maximum atomic E-state index is 12.2. The Bertz CT molecular complexity index is 720. The van der Waals surface area contributed by atoms with Gasteiger partial charge in [0.25, 0.3) is 0 Å². The van der Waals surface area contributed by atoms with Crippen LogP contribution in [0.1, 0.15) is 64.5 Å². The molecule has 0 aromatic heterocycles. The third kappa shape index (κ3) is 3.98. The molecule has 1 saturated heterocycles. The lowest BCUT2D eigenvalue weighted by atomic mass is 9.64. The normalized spacial score (nSPS) is 33.1. The number of rotatable bonds is 3. The number of ether oxygens (including phenoxy) is 2. The first-order chi connectivity index (χ1) is 13.5. The van der Waals surface area contributed by atoms with E-state index >= 15 is 0 Å². The van der Waals surface area contributed by atoms with Gasteiger partial charge in [-0.1, -0.05) is 56.9 Å². The molecule has 4 rings (SSSR count). The van der Waals surface area contributed by atoms with Crippen molar-refractivity contribution in [1.82, 2.24) is 5.32 Å². The predicted octanol–water partition coefficient (Wildman–Crippen LogP) is 5.64. The third-order valence-corrected chi connectivity index (χ3v) is 7.11. The van der Waals surface area contributed by atoms with Crippen LogP contribution in [-0.2, 0) is 4.74 Å². The second-order valence-electron chi connectivity index (χ2n) is 9.01. The summed E-state index contributed by atoms with van der Waals surface area (Å²) >= 11 is 0. The lowest BCUT2D eigenvalue weighted by molar-refractivity contribution is -0.0934. The number of amides is 1. The molecule has 152 valence electrons. The molecule has 1 aromatic rings. The highest BCUT2D eigenvalue weighted by molar-refractivity contribution is 5.70. The number of nitrogens with one attached hydrogen (secondary N) is 1. The van der Waals surface area contributed by atoms with Gasteiger partial charge in [-0.3, -0.25) is 0 Å². The highest BCUT2D eigenvalue weighted by Crippen LogP contribution is 2.49. The molecule has 4 heteroatoms. The van der Waals surface area contributed by atoms with Crippen molar-refractivity contribution in [2.45, 2.75) is 65.0 Å². The number of carbonyl (C=O) groups is 1. The standard InChI is InChI=1S/C24H33NO3/c1-15-13-16(2)22-17(3)21(15)14-27-23(22)18-9-11-20(12-10-18)28-24(26)25-19-7-5-4-6-8-19/h9-13,15,17,19,21-23H,4-8,14H2,1-3H3,(H,25,26)/t15-,17+,21+,22+,23-/m0/s1. The van der Waals surface area contributed by atoms with Gasteiger partial charge in [-0.05, 0) is 55.2 Å². The van der Waals surface area contributed by atoms with Crippen LogP contribution in [0.15, 0.2) is 35.9 Å². The van der Waals surface area contributed by atoms with Gasteiger partial charge in [0.05, 0.1) is 12.7 Å². The Hall–Kier alpha value is -1.81. The molecule has 1 saturated carbocycles. The van der Waals surface area contributed by atoms with Crippen LogP contribution in [0, 0.1) is 23.7 Å². The number of allylic oxidation sites excluding steroid dienone is 1. The van der Waals surface area contributed by atoms with E-state index in [4.69, 9.17) is 9.47 Å². The van der Waals surface area contributed by atoms with Crippen molar-refractivity contribution in [1.29, 1.82) is 0 Å². The van der Waals surface area contributed by atoms with E-state index in [2.05, 4.69) is 32.2 Å². The van der Waals surface area contributed by atoms with Crippen LogP contribution >= 0.6 is 0 Å². The molecule has 1 amide bonds. The largest absolute Gasteiger partial charge is 0.412 e. The molecule has 1 aliphatic heterocycles. The molecule has 2 fully saturated rings. The van der Waals surface area contributed by atoms with Crippen LogP contribution in [0.2, 0.25) is 0 Å². The zero-order valence-corrected chi connectivity index (χ0v) is 17.3. The first kappa shape index (κ1) is 19.5. The van der Waals surface area contributed by atoms with Gasteiger partial charge >= 0.3 is 6.09 Å². The van der Waals surface area contributed by atoms with Crippen LogP contribution in [0.4, 0.5) is 4.79 Å². The molecule has 0 spiro atoms. The van der Waals surface area contributed by atoms with Crippen LogP contribution < -0.4 is 10.1 Å². The smallest absolute Gasteiger partial charge is 0.410 e. The van der Waals surface area contributed by atoms with Crippen LogP contribution in [0.3, 0.4) is 0 Å². The zero-order valence-electron chi connectivity index (χ0n) is 17.3. The summed E-state index contributed by atoms with van der Waals surface area (Å²) in [7, 11) is 0. The monoisotopic (exact) mass is 383 g/mol. The van der Waals surface area contributed by atoms with E-state index in [1.54, 1.807) is 0 Å². The lowest BCUT2D eigenvalue weighted by Gasteiger charge is -2.47. The van der Waals surface area contributed by atoms with E-state index in [-0.39, 0.29) is 18.2 Å². The number of fused-ring (bicyclic) bond motifs is 2. The van der Waals surface area contributed by atoms with Crippen molar-refractivity contribution in [3.8, 4) is 5.75 Å². The maximum absolute atomic E-state index is 12.2. The minimum absolute atomic E-state index is 0.0834. The highest BCUT2D eigenvalue weighted by Gasteiger charge is 2.43. The molecule has 1 aromatic carbocycles. The second kappa shape index (κ2) is 8.28. The molecular formula is C24H33NO3. The molecule has 5 atom stereocenters. The molecule has 3 aliphatic rings. The molecule has 1 heterocycles. The Morgan fingerprint density at radius 3 is 2.54 bits per heavy atom. The van der Waals surface area contributed by atoms with E-state index in [1.165, 1.54) is 24.8 Å². The van der Waals surface area contributed by atoms with Crippen molar-refractivity contribution >= 4 is 6.09 Å². The predicted molar refractivity (Wildman–Crippen MR) is 110 cm³/mol. The average molecular weight is 384 g/mol. The second-order valence-corrected chi connectivity index (χ2v) is 9.01. The molecular weight excluding hydrogens is 350 g/mol. The Labute approximate surface area is 168 Å². The summed E-state index contributed by atoms with van der Waals surface area (Å²) in [4.78, 5) is 12.2. The summed E-state index contributed by atoms with van der Waals surface area (Å²) in [6.07, 6.45) is 7.93. The zero-order chi connectivity index (χ0) is 19.7. The fourth-order valence-corrected chi connectivity index (χ4v) is 5.52. The highest BCUT2D eigenvalue weighted by atomic mass is 16.6. The summed E-state index contributed by atoms with van der Waals surface area (Å²) in [5.41, 5.74) is 2.60. The topological polar surface area (TPSA) is 47.6 Å². The number of carbonyl (C=O) groups excluding carboxylic acids is 1. The van der Waals surface area contributed by atoms with Gasteiger partial charge in [-0.15, -0.1) is 0 Å². The van der Waals surface area contributed by atoms with Crippen molar-refractivity contribution in [3.05, 3.63) is 41.5 Å². The molecule has 1 N–H and O–H groups in total. The Balaban J connectivity index is 1.40. The van der Waals surface area contributed by atoms with Gasteiger partial charge in [-0.2, -0.15) is 0 Å². The summed E-state index contributed by atoms with van der Waals surface area (Å²) in [6, 6.07) is 8.13. The summed E-state index contributed by atoms with van der Waals surface area (Å²) in [5.74, 6) is 2.83. The SMILES string of the molecule is CC1=C[C@H](C)[C@H]2CO[C@@H](c3ccc(OC(=O)NC4CCCCC4)cc3)[C@H]1[C@@H]2C. The number of hydrogen-bond acceptors (Lipinski definition) is 3. The first-order valence-electron chi connectivity index (χ1n) is 10.9.